The molecule has 0 aliphatic heterocycles. The first-order valence-corrected chi connectivity index (χ1v) is 6.46. The van der Waals surface area contributed by atoms with Crippen LogP contribution in [0.25, 0.3) is 0 Å². The third kappa shape index (κ3) is 3.59. The van der Waals surface area contributed by atoms with Crippen LogP contribution in [0.1, 0.15) is 18.4 Å². The minimum absolute atomic E-state index is 0.000977. The molecule has 1 fully saturated rings. The van der Waals surface area contributed by atoms with Crippen molar-refractivity contribution >= 4 is 21.7 Å². The lowest BCUT2D eigenvalue weighted by molar-refractivity contribution is -0.120. The maximum absolute atomic E-state index is 12.4. The SMILES string of the molecule is FC(F)(F)CN(c1ccc(CBr)cn1)C1CC1. The van der Waals surface area contributed by atoms with Gasteiger partial charge in [-0.05, 0) is 24.5 Å². The lowest BCUT2D eigenvalue weighted by atomic mass is 10.3. The molecule has 17 heavy (non-hydrogen) atoms. The first-order valence-electron chi connectivity index (χ1n) is 5.34. The van der Waals surface area contributed by atoms with Crippen LogP contribution in [0.3, 0.4) is 0 Å². The highest BCUT2D eigenvalue weighted by Gasteiger charge is 2.38. The fourth-order valence-electron chi connectivity index (χ4n) is 1.64. The molecule has 1 heterocycles. The predicted molar refractivity (Wildman–Crippen MR) is 63.3 cm³/mol. The highest BCUT2D eigenvalue weighted by Crippen LogP contribution is 2.33. The molecule has 1 aromatic rings. The largest absolute Gasteiger partial charge is 0.405 e. The van der Waals surface area contributed by atoms with Gasteiger partial charge in [0, 0.05) is 17.6 Å². The highest BCUT2D eigenvalue weighted by atomic mass is 79.9. The van der Waals surface area contributed by atoms with E-state index in [1.165, 1.54) is 4.90 Å². The number of rotatable bonds is 4. The normalized spacial score (nSPS) is 16.0. The Balaban J connectivity index is 2.14. The maximum atomic E-state index is 12.4. The van der Waals surface area contributed by atoms with Gasteiger partial charge in [-0.15, -0.1) is 0 Å². The summed E-state index contributed by atoms with van der Waals surface area (Å²) >= 11 is 3.28. The minimum Gasteiger partial charge on any atom is -0.345 e. The summed E-state index contributed by atoms with van der Waals surface area (Å²) in [7, 11) is 0. The summed E-state index contributed by atoms with van der Waals surface area (Å²) in [5.41, 5.74) is 0.955. The Morgan fingerprint density at radius 3 is 2.47 bits per heavy atom. The standard InChI is InChI=1S/C11H12BrF3N2/c12-5-8-1-4-10(16-6-8)17(9-2-3-9)7-11(13,14)15/h1,4,6,9H,2-3,5,7H2. The molecule has 0 amide bonds. The molecule has 0 aromatic carbocycles. The number of pyridine rings is 1. The van der Waals surface area contributed by atoms with Gasteiger partial charge in [0.25, 0.3) is 0 Å². The molecule has 2 rings (SSSR count). The topological polar surface area (TPSA) is 16.1 Å². The molecule has 0 unspecified atom stereocenters. The fourth-order valence-corrected chi connectivity index (χ4v) is 1.97. The van der Waals surface area contributed by atoms with Crippen LogP contribution >= 0.6 is 15.9 Å². The molecule has 94 valence electrons. The minimum atomic E-state index is -4.18. The fraction of sp³-hybridized carbons (Fsp3) is 0.545. The Labute approximate surface area is 106 Å². The van der Waals surface area contributed by atoms with Crippen LogP contribution < -0.4 is 4.90 Å². The van der Waals surface area contributed by atoms with Crippen molar-refractivity contribution < 1.29 is 13.2 Å². The molecule has 0 bridgehead atoms. The summed E-state index contributed by atoms with van der Waals surface area (Å²) in [6.07, 6.45) is -0.940. The number of hydrogen-bond acceptors (Lipinski definition) is 2. The number of halogens is 4. The Bertz CT molecular complexity index is 373. The van der Waals surface area contributed by atoms with Crippen molar-refractivity contribution in [2.45, 2.75) is 30.4 Å². The van der Waals surface area contributed by atoms with Gasteiger partial charge < -0.3 is 4.90 Å². The van der Waals surface area contributed by atoms with Gasteiger partial charge >= 0.3 is 6.18 Å². The summed E-state index contributed by atoms with van der Waals surface area (Å²) in [6, 6.07) is 3.45. The van der Waals surface area contributed by atoms with E-state index >= 15 is 0 Å². The monoisotopic (exact) mass is 308 g/mol. The van der Waals surface area contributed by atoms with Crippen molar-refractivity contribution in [3.63, 3.8) is 0 Å². The molecule has 1 aliphatic carbocycles. The van der Waals surface area contributed by atoms with E-state index in [0.29, 0.717) is 11.1 Å². The van der Waals surface area contributed by atoms with Crippen molar-refractivity contribution in [1.29, 1.82) is 0 Å². The quantitative estimate of drug-likeness (QED) is 0.791. The lowest BCUT2D eigenvalue weighted by Crippen LogP contribution is -2.36. The smallest absolute Gasteiger partial charge is 0.345 e. The van der Waals surface area contributed by atoms with E-state index in [-0.39, 0.29) is 6.04 Å². The average molecular weight is 309 g/mol. The lowest BCUT2D eigenvalue weighted by Gasteiger charge is -2.24. The first kappa shape index (κ1) is 12.7. The zero-order valence-corrected chi connectivity index (χ0v) is 10.6. The molecular formula is C11H12BrF3N2. The Morgan fingerprint density at radius 1 is 1.35 bits per heavy atom. The molecule has 0 atom stereocenters. The summed E-state index contributed by atoms with van der Waals surface area (Å²) < 4.78 is 37.3. The second kappa shape index (κ2) is 4.84. The first-order chi connectivity index (χ1) is 7.99. The van der Waals surface area contributed by atoms with Crippen molar-refractivity contribution in [2.75, 3.05) is 11.4 Å². The van der Waals surface area contributed by atoms with Gasteiger partial charge in [-0.25, -0.2) is 4.98 Å². The third-order valence-corrected chi connectivity index (χ3v) is 3.24. The van der Waals surface area contributed by atoms with Crippen LogP contribution in [0.4, 0.5) is 19.0 Å². The molecular weight excluding hydrogens is 297 g/mol. The maximum Gasteiger partial charge on any atom is 0.405 e. The van der Waals surface area contributed by atoms with Gasteiger partial charge in [-0.3, -0.25) is 0 Å². The van der Waals surface area contributed by atoms with E-state index in [2.05, 4.69) is 20.9 Å². The molecule has 6 heteroatoms. The number of alkyl halides is 4. The van der Waals surface area contributed by atoms with Crippen LogP contribution in [0, 0.1) is 0 Å². The zero-order valence-electron chi connectivity index (χ0n) is 9.04. The second-order valence-corrected chi connectivity index (χ2v) is 4.69. The van der Waals surface area contributed by atoms with Crippen LogP contribution in [0.5, 0.6) is 0 Å². The van der Waals surface area contributed by atoms with Crippen LogP contribution in [-0.4, -0.2) is 23.7 Å². The Morgan fingerprint density at radius 2 is 2.06 bits per heavy atom. The molecule has 0 N–H and O–H groups in total. The van der Waals surface area contributed by atoms with Crippen molar-refractivity contribution in [3.8, 4) is 0 Å². The number of nitrogens with zero attached hydrogens (tertiary/aromatic N) is 2. The van der Waals surface area contributed by atoms with Gasteiger partial charge in [0.15, 0.2) is 0 Å². The summed E-state index contributed by atoms with van der Waals surface area (Å²) in [5, 5.41) is 0.656. The van der Waals surface area contributed by atoms with E-state index in [1.54, 1.807) is 18.3 Å². The second-order valence-electron chi connectivity index (χ2n) is 4.13. The predicted octanol–water partition coefficient (Wildman–Crippen LogP) is 3.51. The summed E-state index contributed by atoms with van der Waals surface area (Å²) in [4.78, 5) is 5.44. The van der Waals surface area contributed by atoms with Crippen LogP contribution in [0.15, 0.2) is 18.3 Å². The van der Waals surface area contributed by atoms with E-state index < -0.39 is 12.7 Å². The van der Waals surface area contributed by atoms with Crippen molar-refractivity contribution in [3.05, 3.63) is 23.9 Å². The van der Waals surface area contributed by atoms with Crippen LogP contribution in [0.2, 0.25) is 0 Å². The van der Waals surface area contributed by atoms with E-state index in [0.717, 1.165) is 18.4 Å². The third-order valence-electron chi connectivity index (χ3n) is 2.59. The van der Waals surface area contributed by atoms with Gasteiger partial charge in [-0.1, -0.05) is 22.0 Å². The highest BCUT2D eigenvalue weighted by molar-refractivity contribution is 9.08. The number of anilines is 1. The average Bonchev–Trinajstić information content (AvgIpc) is 3.09. The summed E-state index contributed by atoms with van der Waals surface area (Å²) in [5.74, 6) is 0.412. The number of hydrogen-bond donors (Lipinski definition) is 0. The molecule has 2 nitrogen and oxygen atoms in total. The van der Waals surface area contributed by atoms with Gasteiger partial charge in [0.2, 0.25) is 0 Å². The zero-order chi connectivity index (χ0) is 12.5. The number of aromatic nitrogens is 1. The molecule has 0 spiro atoms. The van der Waals surface area contributed by atoms with E-state index in [1.807, 2.05) is 0 Å². The molecule has 1 saturated carbocycles. The van der Waals surface area contributed by atoms with Crippen molar-refractivity contribution in [2.24, 2.45) is 0 Å². The molecule has 1 aliphatic rings. The molecule has 0 radical (unpaired) electrons. The summed E-state index contributed by atoms with van der Waals surface area (Å²) in [6.45, 7) is -0.918. The van der Waals surface area contributed by atoms with E-state index in [9.17, 15) is 13.2 Å². The molecule has 0 saturated heterocycles. The van der Waals surface area contributed by atoms with Crippen molar-refractivity contribution in [1.82, 2.24) is 4.98 Å². The Hall–Kier alpha value is -0.780. The Kier molecular flexibility index (Phi) is 3.61. The molecule has 1 aromatic heterocycles. The van der Waals surface area contributed by atoms with Gasteiger partial charge in [-0.2, -0.15) is 13.2 Å². The van der Waals surface area contributed by atoms with E-state index in [4.69, 9.17) is 0 Å². The van der Waals surface area contributed by atoms with Crippen LogP contribution in [-0.2, 0) is 5.33 Å². The van der Waals surface area contributed by atoms with Gasteiger partial charge in [0.1, 0.15) is 12.4 Å². The van der Waals surface area contributed by atoms with Gasteiger partial charge in [0.05, 0.1) is 0 Å².